The number of nitrogens with zero attached hydrogens (tertiary/aromatic N) is 1. The maximum absolute atomic E-state index is 11.3. The predicted octanol–water partition coefficient (Wildman–Crippen LogP) is -0.302. The van der Waals surface area contributed by atoms with Crippen LogP contribution in [0.2, 0.25) is 0 Å². The highest BCUT2D eigenvalue weighted by molar-refractivity contribution is 6.03. The Labute approximate surface area is 76.7 Å². The zero-order chi connectivity index (χ0) is 10.0. The van der Waals surface area contributed by atoms with Crippen LogP contribution in [0.15, 0.2) is 0 Å². The molecular formula is C8H14N2O3. The molecule has 2 atom stereocenters. The number of carbonyl (C=O) groups is 2. The maximum atomic E-state index is 11.3. The first-order chi connectivity index (χ1) is 6.06. The number of rotatable bonds is 3. The van der Waals surface area contributed by atoms with Gasteiger partial charge in [0, 0.05) is 0 Å². The number of β-amino-alcohol motifs (C(OH)–C–C–N with tert-alkyl or cyclic N) is 1. The molecule has 1 saturated heterocycles. The van der Waals surface area contributed by atoms with Gasteiger partial charge in [-0.15, -0.1) is 0 Å². The molecule has 0 aromatic carbocycles. The fourth-order valence-corrected chi connectivity index (χ4v) is 1.17. The molecule has 1 heterocycles. The molecule has 0 aromatic heterocycles. The molecule has 1 aliphatic rings. The topological polar surface area (TPSA) is 69.6 Å². The van der Waals surface area contributed by atoms with Crippen LogP contribution in [0.3, 0.4) is 0 Å². The fourth-order valence-electron chi connectivity index (χ4n) is 1.17. The van der Waals surface area contributed by atoms with E-state index in [9.17, 15) is 14.7 Å². The smallest absolute Gasteiger partial charge is 0.324 e. The summed E-state index contributed by atoms with van der Waals surface area (Å²) < 4.78 is 0. The van der Waals surface area contributed by atoms with Crippen molar-refractivity contribution in [1.82, 2.24) is 10.2 Å². The Morgan fingerprint density at radius 2 is 2.23 bits per heavy atom. The van der Waals surface area contributed by atoms with Crippen molar-refractivity contribution in [2.75, 3.05) is 6.54 Å². The second-order valence-corrected chi connectivity index (χ2v) is 3.18. The molecule has 2 N–H and O–H groups in total. The molecule has 0 saturated carbocycles. The Morgan fingerprint density at radius 3 is 2.62 bits per heavy atom. The maximum Gasteiger partial charge on any atom is 0.324 e. The molecular weight excluding hydrogens is 172 g/mol. The van der Waals surface area contributed by atoms with Gasteiger partial charge >= 0.3 is 6.03 Å². The van der Waals surface area contributed by atoms with Crippen molar-refractivity contribution in [3.8, 4) is 0 Å². The van der Waals surface area contributed by atoms with Gasteiger partial charge in [0.1, 0.15) is 6.04 Å². The number of urea groups is 1. The van der Waals surface area contributed by atoms with Gasteiger partial charge in [-0.25, -0.2) is 4.79 Å². The first-order valence-corrected chi connectivity index (χ1v) is 4.36. The van der Waals surface area contributed by atoms with E-state index in [1.165, 1.54) is 0 Å². The molecule has 1 fully saturated rings. The van der Waals surface area contributed by atoms with Crippen molar-refractivity contribution in [3.63, 3.8) is 0 Å². The van der Waals surface area contributed by atoms with Gasteiger partial charge in [-0.05, 0) is 13.3 Å². The predicted molar refractivity (Wildman–Crippen MR) is 46.0 cm³/mol. The van der Waals surface area contributed by atoms with Gasteiger partial charge in [0.05, 0.1) is 12.6 Å². The van der Waals surface area contributed by atoms with E-state index < -0.39 is 18.2 Å². The second-order valence-electron chi connectivity index (χ2n) is 3.18. The molecule has 0 aromatic rings. The molecule has 5 nitrogen and oxygen atoms in total. The third-order valence-electron chi connectivity index (χ3n) is 2.09. The van der Waals surface area contributed by atoms with Crippen LogP contribution in [0.1, 0.15) is 20.3 Å². The van der Waals surface area contributed by atoms with E-state index in [-0.39, 0.29) is 12.5 Å². The first kappa shape index (κ1) is 9.98. The number of imide groups is 1. The highest BCUT2D eigenvalue weighted by Crippen LogP contribution is 2.07. The minimum Gasteiger partial charge on any atom is -0.391 e. The molecule has 13 heavy (non-hydrogen) atoms. The standard InChI is InChI=1S/C8H14N2O3/c1-3-6(11)4-10-7(12)5(2)9-8(10)13/h5-6,11H,3-4H2,1-2H3,(H,9,13). The average Bonchev–Trinajstić information content (AvgIpc) is 2.32. The van der Waals surface area contributed by atoms with E-state index >= 15 is 0 Å². The highest BCUT2D eigenvalue weighted by Gasteiger charge is 2.35. The Morgan fingerprint density at radius 1 is 1.62 bits per heavy atom. The quantitative estimate of drug-likeness (QED) is 0.594. The first-order valence-electron chi connectivity index (χ1n) is 4.36. The van der Waals surface area contributed by atoms with Gasteiger partial charge in [-0.1, -0.05) is 6.92 Å². The normalized spacial score (nSPS) is 24.8. The third kappa shape index (κ3) is 1.98. The number of hydrogen-bond acceptors (Lipinski definition) is 3. The second kappa shape index (κ2) is 3.74. The lowest BCUT2D eigenvalue weighted by Gasteiger charge is -2.15. The van der Waals surface area contributed by atoms with Gasteiger partial charge in [0.15, 0.2) is 0 Å². The van der Waals surface area contributed by atoms with Crippen LogP contribution < -0.4 is 5.32 Å². The fraction of sp³-hybridized carbons (Fsp3) is 0.750. The van der Waals surface area contributed by atoms with E-state index in [0.717, 1.165) is 4.90 Å². The molecule has 0 spiro atoms. The van der Waals surface area contributed by atoms with Gasteiger partial charge in [0.25, 0.3) is 5.91 Å². The summed E-state index contributed by atoms with van der Waals surface area (Å²) in [5, 5.41) is 11.7. The van der Waals surface area contributed by atoms with Crippen LogP contribution in [-0.2, 0) is 4.79 Å². The van der Waals surface area contributed by atoms with Crippen LogP contribution in [0.25, 0.3) is 0 Å². The van der Waals surface area contributed by atoms with Crippen molar-refractivity contribution in [3.05, 3.63) is 0 Å². The summed E-state index contributed by atoms with van der Waals surface area (Å²) in [5.74, 6) is -0.266. The molecule has 1 aliphatic heterocycles. The average molecular weight is 186 g/mol. The SMILES string of the molecule is CCC(O)CN1C(=O)NC(C)C1=O. The molecule has 1 rings (SSSR count). The molecule has 3 amide bonds. The number of aliphatic hydroxyl groups excluding tert-OH is 1. The summed E-state index contributed by atoms with van der Waals surface area (Å²) in [7, 11) is 0. The number of hydrogen-bond donors (Lipinski definition) is 2. The van der Waals surface area contributed by atoms with Gasteiger partial charge in [0.2, 0.25) is 0 Å². The van der Waals surface area contributed by atoms with Crippen molar-refractivity contribution in [2.24, 2.45) is 0 Å². The zero-order valence-corrected chi connectivity index (χ0v) is 7.78. The molecule has 74 valence electrons. The summed E-state index contributed by atoms with van der Waals surface area (Å²) in [5.41, 5.74) is 0. The minimum atomic E-state index is -0.625. The van der Waals surface area contributed by atoms with E-state index in [4.69, 9.17) is 0 Å². The molecule has 2 unspecified atom stereocenters. The van der Waals surface area contributed by atoms with Gasteiger partial charge in [-0.3, -0.25) is 9.69 Å². The molecule has 0 aliphatic carbocycles. The van der Waals surface area contributed by atoms with Crippen molar-refractivity contribution < 1.29 is 14.7 Å². The van der Waals surface area contributed by atoms with E-state index in [1.54, 1.807) is 13.8 Å². The van der Waals surface area contributed by atoms with Crippen LogP contribution >= 0.6 is 0 Å². The summed E-state index contributed by atoms with van der Waals surface area (Å²) in [6.07, 6.45) is -0.0918. The number of aliphatic hydroxyl groups is 1. The Hall–Kier alpha value is -1.10. The van der Waals surface area contributed by atoms with Gasteiger partial charge < -0.3 is 10.4 Å². The van der Waals surface area contributed by atoms with E-state index in [1.807, 2.05) is 0 Å². The van der Waals surface area contributed by atoms with Gasteiger partial charge in [-0.2, -0.15) is 0 Å². The molecule has 0 bridgehead atoms. The lowest BCUT2D eigenvalue weighted by Crippen LogP contribution is -2.37. The summed E-state index contributed by atoms with van der Waals surface area (Å²) >= 11 is 0. The largest absolute Gasteiger partial charge is 0.391 e. The Kier molecular flexibility index (Phi) is 2.87. The van der Waals surface area contributed by atoms with Crippen LogP contribution in [-0.4, -0.2) is 40.6 Å². The van der Waals surface area contributed by atoms with E-state index in [2.05, 4.69) is 5.32 Å². The zero-order valence-electron chi connectivity index (χ0n) is 7.78. The lowest BCUT2D eigenvalue weighted by molar-refractivity contribution is -0.128. The van der Waals surface area contributed by atoms with Crippen molar-refractivity contribution in [2.45, 2.75) is 32.4 Å². The van der Waals surface area contributed by atoms with Crippen molar-refractivity contribution >= 4 is 11.9 Å². The molecule has 0 radical (unpaired) electrons. The van der Waals surface area contributed by atoms with E-state index in [0.29, 0.717) is 6.42 Å². The van der Waals surface area contributed by atoms with Crippen LogP contribution in [0.4, 0.5) is 4.79 Å². The van der Waals surface area contributed by atoms with Crippen molar-refractivity contribution in [1.29, 1.82) is 0 Å². The highest BCUT2D eigenvalue weighted by atomic mass is 16.3. The minimum absolute atomic E-state index is 0.0888. The third-order valence-corrected chi connectivity index (χ3v) is 2.09. The molecule has 5 heteroatoms. The Bertz CT molecular complexity index is 229. The number of amides is 3. The summed E-state index contributed by atoms with van der Waals surface area (Å²) in [6, 6.07) is -0.874. The van der Waals surface area contributed by atoms with Crippen LogP contribution in [0.5, 0.6) is 0 Å². The Balaban J connectivity index is 2.59. The summed E-state index contributed by atoms with van der Waals surface area (Å²) in [6.45, 7) is 3.51. The lowest BCUT2D eigenvalue weighted by atomic mass is 10.2. The number of carbonyl (C=O) groups excluding carboxylic acids is 2. The van der Waals surface area contributed by atoms with Crippen LogP contribution in [0, 0.1) is 0 Å². The summed E-state index contributed by atoms with van der Waals surface area (Å²) in [4.78, 5) is 23.5. The monoisotopic (exact) mass is 186 g/mol. The number of nitrogens with one attached hydrogen (secondary N) is 1.